The minimum Gasteiger partial charge on any atom is -0.378 e. The topological polar surface area (TPSA) is 256 Å². The number of hydrogen-bond donors (Lipinski definition) is 7. The smallest absolute Gasteiger partial charge is 0.271 e. The van der Waals surface area contributed by atoms with Gasteiger partial charge in [0.05, 0.1) is 37.8 Å². The molecule has 63 heavy (non-hydrogen) atoms. The largest absolute Gasteiger partial charge is 0.378 e. The van der Waals surface area contributed by atoms with Crippen LogP contribution in [0.1, 0.15) is 59.3 Å². The fraction of sp³-hybridized carbons (Fsp3) is 0.400. The maximum absolute atomic E-state index is 14.3. The summed E-state index contributed by atoms with van der Waals surface area (Å²) in [5, 5.41) is 16.8. The van der Waals surface area contributed by atoms with Gasteiger partial charge in [-0.3, -0.25) is 38.5 Å². The second-order valence-electron chi connectivity index (χ2n) is 15.0. The van der Waals surface area contributed by atoms with Crippen molar-refractivity contribution < 1.29 is 38.3 Å². The zero-order valence-electron chi connectivity index (χ0n) is 35.1. The van der Waals surface area contributed by atoms with E-state index < -0.39 is 65.4 Å². The third kappa shape index (κ3) is 15.3. The minimum absolute atomic E-state index is 0.00826. The summed E-state index contributed by atoms with van der Waals surface area (Å²) in [5.41, 5.74) is 7.68. The van der Waals surface area contributed by atoms with E-state index in [0.29, 0.717) is 50.1 Å². The lowest BCUT2D eigenvalue weighted by Crippen LogP contribution is -2.55. The van der Waals surface area contributed by atoms with Gasteiger partial charge in [-0.2, -0.15) is 0 Å². The number of piperidine rings is 1. The van der Waals surface area contributed by atoms with Crippen LogP contribution in [0.5, 0.6) is 0 Å². The summed E-state index contributed by atoms with van der Waals surface area (Å²) in [5.74, 6) is -4.18. The van der Waals surface area contributed by atoms with Crippen LogP contribution in [0.25, 0.3) is 6.08 Å². The number of aromatic nitrogens is 2. The summed E-state index contributed by atoms with van der Waals surface area (Å²) in [6, 6.07) is 13.6. The van der Waals surface area contributed by atoms with Crippen LogP contribution in [0.2, 0.25) is 0 Å². The highest BCUT2D eigenvalue weighted by molar-refractivity contribution is 5.98. The Hall–Kier alpha value is -6.79. The Labute approximate surface area is 366 Å². The van der Waals surface area contributed by atoms with E-state index in [0.717, 1.165) is 17.7 Å². The molecule has 1 unspecified atom stereocenters. The van der Waals surface area contributed by atoms with Crippen LogP contribution in [0.4, 0.5) is 0 Å². The molecule has 8 N–H and O–H groups in total. The Bertz CT molecular complexity index is 2080. The van der Waals surface area contributed by atoms with Crippen LogP contribution < -0.4 is 37.6 Å². The molecule has 3 heterocycles. The molecular weight excluding hydrogens is 809 g/mol. The molecule has 1 fully saturated rings. The summed E-state index contributed by atoms with van der Waals surface area (Å²) in [6.45, 7) is 1.51. The van der Waals surface area contributed by atoms with E-state index in [9.17, 15) is 33.6 Å². The molecule has 2 aliphatic rings. The van der Waals surface area contributed by atoms with Crippen molar-refractivity contribution in [2.24, 2.45) is 11.7 Å². The van der Waals surface area contributed by atoms with Crippen molar-refractivity contribution in [2.75, 3.05) is 45.9 Å². The van der Waals surface area contributed by atoms with Crippen molar-refractivity contribution in [1.29, 1.82) is 0 Å². The molecule has 18 nitrogen and oxygen atoms in total. The van der Waals surface area contributed by atoms with Crippen molar-refractivity contribution in [3.63, 3.8) is 0 Å². The number of amides is 7. The molecule has 5 rings (SSSR count). The van der Waals surface area contributed by atoms with Gasteiger partial charge in [0, 0.05) is 63.8 Å². The second-order valence-corrected chi connectivity index (χ2v) is 15.0. The average molecular weight is 865 g/mol. The van der Waals surface area contributed by atoms with E-state index in [1.165, 1.54) is 23.5 Å². The standard InChI is InChI=1S/C45H56N10O8/c46-19-26-63-27-24-51-43(60)36-18-21-49-39(56)16-17-41(58)55-25-7-12-34(38(55)15-14-31-8-2-1-3-9-31)42(59)54-35(13-6-20-50-45(62)37-30-47-22-23-48-37)44(61)52-29-33-11-5-4-10-32(33)28-40(57)53-36/h1-5,8-11,14-17,22-23,30,34-36,38H,6-7,12-13,18-21,24-29,46H2,(H,49,56)(H,50,62)(H,51,60)(H,52,61)(H,53,57)(H,54,59)/b15-14-,17-16+/t34-,35+,36+,38?/m1/s1. The number of rotatable bonds is 13. The van der Waals surface area contributed by atoms with Crippen LogP contribution in [0.3, 0.4) is 0 Å². The van der Waals surface area contributed by atoms with Crippen molar-refractivity contribution in [3.05, 3.63) is 114 Å². The van der Waals surface area contributed by atoms with Crippen LogP contribution >= 0.6 is 0 Å². The number of nitrogens with two attached hydrogens (primary N) is 1. The Morgan fingerprint density at radius 3 is 2.44 bits per heavy atom. The number of carbonyl (C=O) groups excluding carboxylic acids is 7. The number of hydrogen-bond acceptors (Lipinski definition) is 11. The first-order chi connectivity index (χ1) is 30.6. The van der Waals surface area contributed by atoms with Gasteiger partial charge in [0.15, 0.2) is 0 Å². The van der Waals surface area contributed by atoms with E-state index in [1.54, 1.807) is 30.3 Å². The van der Waals surface area contributed by atoms with E-state index >= 15 is 0 Å². The number of benzene rings is 2. The van der Waals surface area contributed by atoms with E-state index in [2.05, 4.69) is 41.9 Å². The highest BCUT2D eigenvalue weighted by atomic mass is 16.5. The highest BCUT2D eigenvalue weighted by Gasteiger charge is 2.38. The van der Waals surface area contributed by atoms with Crippen LogP contribution in [-0.4, -0.2) is 120 Å². The molecular formula is C45H56N10O8. The average Bonchev–Trinajstić information content (AvgIpc) is 3.30. The Morgan fingerprint density at radius 2 is 1.67 bits per heavy atom. The quantitative estimate of drug-likeness (QED) is 0.115. The minimum atomic E-state index is -1.05. The number of nitrogens with one attached hydrogen (secondary N) is 6. The van der Waals surface area contributed by atoms with Crippen LogP contribution in [0.15, 0.2) is 91.4 Å². The fourth-order valence-corrected chi connectivity index (χ4v) is 7.23. The maximum atomic E-state index is 14.3. The fourth-order valence-electron chi connectivity index (χ4n) is 7.23. The molecule has 1 aromatic heterocycles. The SMILES string of the molecule is NCCOCCNC(=O)[C@@H]1CCNC(=O)/C=C/C(=O)N2CCC[C@@H](C(=O)N[C@@H](CCCNC(=O)c3cnccn3)C(=O)NCc3ccccc3CC(=O)N1)C2/C=C\c1ccccc1. The van der Waals surface area contributed by atoms with Gasteiger partial charge in [-0.05, 0) is 48.8 Å². The predicted octanol–water partition coefficient (Wildman–Crippen LogP) is 0.303. The summed E-state index contributed by atoms with van der Waals surface area (Å²) in [4.78, 5) is 104. The summed E-state index contributed by atoms with van der Waals surface area (Å²) >= 11 is 0. The lowest BCUT2D eigenvalue weighted by atomic mass is 9.87. The molecule has 0 aliphatic carbocycles. The molecule has 0 spiro atoms. The second kappa shape index (κ2) is 25.2. The number of ether oxygens (including phenoxy) is 1. The number of nitrogens with zero attached hydrogens (tertiary/aromatic N) is 3. The molecule has 334 valence electrons. The third-order valence-corrected chi connectivity index (χ3v) is 10.5. The van der Waals surface area contributed by atoms with Crippen molar-refractivity contribution in [2.45, 2.75) is 63.2 Å². The third-order valence-electron chi connectivity index (χ3n) is 10.5. The zero-order chi connectivity index (χ0) is 44.8. The lowest BCUT2D eigenvalue weighted by molar-refractivity contribution is -0.137. The van der Waals surface area contributed by atoms with Gasteiger partial charge in [-0.25, -0.2) is 4.98 Å². The van der Waals surface area contributed by atoms with Crippen molar-refractivity contribution in [3.8, 4) is 0 Å². The van der Waals surface area contributed by atoms with E-state index in [-0.39, 0.29) is 57.7 Å². The summed E-state index contributed by atoms with van der Waals surface area (Å²) in [7, 11) is 0. The van der Waals surface area contributed by atoms with Crippen LogP contribution in [-0.2, 0) is 46.5 Å². The van der Waals surface area contributed by atoms with Gasteiger partial charge in [0.25, 0.3) is 5.91 Å². The summed E-state index contributed by atoms with van der Waals surface area (Å²) in [6.07, 6.45) is 11.3. The van der Waals surface area contributed by atoms with Crippen molar-refractivity contribution >= 4 is 47.4 Å². The van der Waals surface area contributed by atoms with Gasteiger partial charge >= 0.3 is 0 Å². The molecule has 0 saturated carbocycles. The molecule has 7 amide bonds. The Kier molecular flexibility index (Phi) is 18.9. The Morgan fingerprint density at radius 1 is 0.873 bits per heavy atom. The van der Waals surface area contributed by atoms with Gasteiger partial charge in [-0.15, -0.1) is 0 Å². The summed E-state index contributed by atoms with van der Waals surface area (Å²) < 4.78 is 5.35. The molecule has 2 aromatic carbocycles. The monoisotopic (exact) mass is 864 g/mol. The molecule has 0 radical (unpaired) electrons. The van der Waals surface area contributed by atoms with Gasteiger partial charge in [-0.1, -0.05) is 66.7 Å². The first-order valence-corrected chi connectivity index (χ1v) is 21.2. The predicted molar refractivity (Wildman–Crippen MR) is 233 cm³/mol. The first kappa shape index (κ1) is 47.3. The maximum Gasteiger partial charge on any atom is 0.271 e. The number of carbonyl (C=O) groups is 7. The van der Waals surface area contributed by atoms with Gasteiger partial charge in [0.2, 0.25) is 35.4 Å². The highest BCUT2D eigenvalue weighted by Crippen LogP contribution is 2.27. The molecule has 2 aliphatic heterocycles. The number of fused-ring (bicyclic) bond motifs is 3. The molecule has 18 heteroatoms. The van der Waals surface area contributed by atoms with E-state index in [4.69, 9.17) is 10.5 Å². The molecule has 4 atom stereocenters. The van der Waals surface area contributed by atoms with Crippen LogP contribution in [0, 0.1) is 5.92 Å². The zero-order valence-corrected chi connectivity index (χ0v) is 35.1. The molecule has 3 aromatic rings. The van der Waals surface area contributed by atoms with Crippen molar-refractivity contribution in [1.82, 2.24) is 46.8 Å². The van der Waals surface area contributed by atoms with Gasteiger partial charge in [0.1, 0.15) is 17.8 Å². The van der Waals surface area contributed by atoms with E-state index in [1.807, 2.05) is 36.4 Å². The molecule has 2 bridgehead atoms. The normalized spacial score (nSPS) is 21.0. The van der Waals surface area contributed by atoms with Gasteiger partial charge < -0.3 is 47.3 Å². The molecule has 1 saturated heterocycles. The Balaban J connectivity index is 1.41. The first-order valence-electron chi connectivity index (χ1n) is 21.2. The lowest BCUT2D eigenvalue weighted by Gasteiger charge is -2.39.